The molecule has 1 saturated heterocycles. The molecule has 8 nitrogen and oxygen atoms in total. The van der Waals surface area contributed by atoms with Gasteiger partial charge in [-0.25, -0.2) is 13.1 Å². The highest BCUT2D eigenvalue weighted by Crippen LogP contribution is 2.30. The predicted molar refractivity (Wildman–Crippen MR) is 147 cm³/mol. The maximum absolute atomic E-state index is 13.0. The Morgan fingerprint density at radius 3 is 2.69 bits per heavy atom. The number of rotatable bonds is 10. The molecule has 1 aliphatic heterocycles. The number of ether oxygens (including phenoxy) is 3. The maximum atomic E-state index is 13.0. The number of aryl methyl sites for hydroxylation is 1. The molecule has 3 heterocycles. The molecule has 2 aromatic heterocycles. The minimum absolute atomic E-state index is 0.228. The summed E-state index contributed by atoms with van der Waals surface area (Å²) in [5.41, 5.74) is 1.74. The summed E-state index contributed by atoms with van der Waals surface area (Å²) in [5.74, 6) is 0.389. The molecule has 0 aliphatic carbocycles. The molecule has 0 amide bonds. The third kappa shape index (κ3) is 6.96. The number of nitrogens with zero attached hydrogens (tertiary/aromatic N) is 2. The average molecular weight is 597 g/mol. The van der Waals surface area contributed by atoms with Crippen LogP contribution in [0.25, 0.3) is 11.0 Å². The monoisotopic (exact) mass is 595 g/mol. The number of pyridine rings is 1. The van der Waals surface area contributed by atoms with Gasteiger partial charge in [0, 0.05) is 32.9 Å². The number of hydrogen-bond donors (Lipinski definition) is 1. The smallest absolute Gasteiger partial charge is 0.240 e. The zero-order valence-electron chi connectivity index (χ0n) is 21.2. The summed E-state index contributed by atoms with van der Waals surface area (Å²) in [6.45, 7) is 10.7. The first-order valence-electron chi connectivity index (χ1n) is 12.1. The van der Waals surface area contributed by atoms with E-state index in [1.165, 1.54) is 0 Å². The van der Waals surface area contributed by atoms with E-state index in [4.69, 9.17) is 19.2 Å². The Labute approximate surface area is 222 Å². The zero-order chi connectivity index (χ0) is 25.9. The molecule has 196 valence electrons. The Kier molecular flexibility index (Phi) is 8.58. The topological polar surface area (TPSA) is 91.7 Å². The van der Waals surface area contributed by atoms with Crippen molar-refractivity contribution in [1.29, 1.82) is 0 Å². The van der Waals surface area contributed by atoms with Crippen LogP contribution in [-0.2, 0) is 26.2 Å². The van der Waals surface area contributed by atoms with Gasteiger partial charge in [0.25, 0.3) is 0 Å². The van der Waals surface area contributed by atoms with Crippen LogP contribution in [0.2, 0.25) is 25.7 Å². The van der Waals surface area contributed by atoms with E-state index in [1.54, 1.807) is 24.3 Å². The van der Waals surface area contributed by atoms with Crippen LogP contribution in [0.4, 0.5) is 0 Å². The number of hydrogen-bond acceptors (Lipinski definition) is 6. The molecule has 1 fully saturated rings. The van der Waals surface area contributed by atoms with E-state index >= 15 is 0 Å². The van der Waals surface area contributed by atoms with Crippen LogP contribution in [0.1, 0.15) is 12.0 Å². The number of benzene rings is 1. The SMILES string of the molecule is Cc1ccc(S(=O)(=O)N[C@H]2CCOC[C@@H]2Oc2nc3c(ccn3COCC[Si](C)(C)C)cc2Br)cc1. The molecular formula is C25H34BrN3O5SSi. The Hall–Kier alpha value is -1.76. The molecule has 2 atom stereocenters. The average Bonchev–Trinajstić information content (AvgIpc) is 3.19. The summed E-state index contributed by atoms with van der Waals surface area (Å²) < 4.78 is 49.2. The van der Waals surface area contributed by atoms with Crippen molar-refractivity contribution in [3.63, 3.8) is 0 Å². The van der Waals surface area contributed by atoms with Gasteiger partial charge in [-0.15, -0.1) is 0 Å². The fourth-order valence-electron chi connectivity index (χ4n) is 3.89. The van der Waals surface area contributed by atoms with Crippen molar-refractivity contribution >= 4 is 45.1 Å². The van der Waals surface area contributed by atoms with Crippen LogP contribution in [-0.4, -0.2) is 58.0 Å². The molecule has 3 aromatic rings. The van der Waals surface area contributed by atoms with E-state index in [0.29, 0.717) is 30.1 Å². The summed E-state index contributed by atoms with van der Waals surface area (Å²) >= 11 is 3.56. The molecule has 1 N–H and O–H groups in total. The van der Waals surface area contributed by atoms with Gasteiger partial charge in [-0.2, -0.15) is 4.98 Å². The normalized spacial score (nSPS) is 19.0. The summed E-state index contributed by atoms with van der Waals surface area (Å²) in [6.07, 6.45) is 1.92. The highest BCUT2D eigenvalue weighted by Gasteiger charge is 2.32. The first kappa shape index (κ1) is 27.3. The van der Waals surface area contributed by atoms with Crippen molar-refractivity contribution < 1.29 is 22.6 Å². The lowest BCUT2D eigenvalue weighted by Gasteiger charge is -2.32. The molecule has 1 aliphatic rings. The van der Waals surface area contributed by atoms with Gasteiger partial charge in [-0.05, 0) is 59.6 Å². The number of halogens is 1. The van der Waals surface area contributed by atoms with Crippen LogP contribution in [0.3, 0.4) is 0 Å². The summed E-state index contributed by atoms with van der Waals surface area (Å²) in [5, 5.41) is 0.958. The van der Waals surface area contributed by atoms with Crippen LogP contribution < -0.4 is 9.46 Å². The molecule has 0 unspecified atom stereocenters. The Morgan fingerprint density at radius 1 is 1.22 bits per heavy atom. The fraction of sp³-hybridized carbons (Fsp3) is 0.480. The van der Waals surface area contributed by atoms with Gasteiger partial charge in [0.15, 0.2) is 0 Å². The van der Waals surface area contributed by atoms with Crippen LogP contribution in [0.5, 0.6) is 5.88 Å². The molecule has 4 rings (SSSR count). The number of aromatic nitrogens is 2. The van der Waals surface area contributed by atoms with E-state index < -0.39 is 30.2 Å². The third-order valence-electron chi connectivity index (χ3n) is 6.09. The quantitative estimate of drug-likeness (QED) is 0.264. The van der Waals surface area contributed by atoms with Crippen molar-refractivity contribution in [2.24, 2.45) is 0 Å². The number of sulfonamides is 1. The summed E-state index contributed by atoms with van der Waals surface area (Å²) in [4.78, 5) is 4.97. The van der Waals surface area contributed by atoms with Gasteiger partial charge in [0.2, 0.25) is 15.9 Å². The van der Waals surface area contributed by atoms with E-state index in [9.17, 15) is 8.42 Å². The van der Waals surface area contributed by atoms with Gasteiger partial charge >= 0.3 is 0 Å². The first-order valence-corrected chi connectivity index (χ1v) is 18.1. The molecule has 36 heavy (non-hydrogen) atoms. The number of nitrogens with one attached hydrogen (secondary N) is 1. The van der Waals surface area contributed by atoms with Crippen molar-refractivity contribution in [3.05, 3.63) is 52.6 Å². The zero-order valence-corrected chi connectivity index (χ0v) is 24.6. The maximum Gasteiger partial charge on any atom is 0.240 e. The van der Waals surface area contributed by atoms with E-state index in [2.05, 4.69) is 40.3 Å². The van der Waals surface area contributed by atoms with Crippen molar-refractivity contribution in [2.75, 3.05) is 19.8 Å². The van der Waals surface area contributed by atoms with E-state index in [0.717, 1.165) is 29.2 Å². The van der Waals surface area contributed by atoms with Gasteiger partial charge in [0.1, 0.15) is 18.5 Å². The number of fused-ring (bicyclic) bond motifs is 1. The highest BCUT2D eigenvalue weighted by molar-refractivity contribution is 9.10. The largest absolute Gasteiger partial charge is 0.469 e. The first-order chi connectivity index (χ1) is 17.0. The second-order valence-electron chi connectivity index (χ2n) is 10.4. The van der Waals surface area contributed by atoms with Crippen LogP contribution in [0.15, 0.2) is 52.0 Å². The van der Waals surface area contributed by atoms with Crippen molar-refractivity contribution in [1.82, 2.24) is 14.3 Å². The van der Waals surface area contributed by atoms with E-state index in [-0.39, 0.29) is 11.5 Å². The predicted octanol–water partition coefficient (Wildman–Crippen LogP) is 4.93. The Bertz CT molecular complexity index is 1290. The van der Waals surface area contributed by atoms with Crippen molar-refractivity contribution in [3.8, 4) is 5.88 Å². The van der Waals surface area contributed by atoms with Gasteiger partial charge in [-0.1, -0.05) is 37.3 Å². The summed E-state index contributed by atoms with van der Waals surface area (Å²) in [6, 6.07) is 11.4. The molecule has 0 saturated carbocycles. The van der Waals surface area contributed by atoms with Gasteiger partial charge < -0.3 is 18.8 Å². The van der Waals surface area contributed by atoms with E-state index in [1.807, 2.05) is 29.8 Å². The van der Waals surface area contributed by atoms with Crippen LogP contribution >= 0.6 is 15.9 Å². The second-order valence-corrected chi connectivity index (χ2v) is 18.6. The summed E-state index contributed by atoms with van der Waals surface area (Å²) in [7, 11) is -4.86. The molecule has 0 spiro atoms. The molecule has 0 radical (unpaired) electrons. The minimum atomic E-state index is -3.70. The minimum Gasteiger partial charge on any atom is -0.469 e. The highest BCUT2D eigenvalue weighted by atomic mass is 79.9. The molecular weight excluding hydrogens is 562 g/mol. The lowest BCUT2D eigenvalue weighted by molar-refractivity contribution is -0.0114. The molecule has 11 heteroatoms. The molecule has 0 bridgehead atoms. The standard InChI is InChI=1S/C25H34BrN3O5SSi/c1-18-5-7-20(8-6-18)35(30,31)28-22-10-12-32-16-23(22)34-25-21(26)15-19-9-11-29(24(19)27-25)17-33-13-14-36(2,3)4/h5-9,11,15,22-23,28H,10,12-14,16-17H2,1-4H3/t22-,23-/m0/s1. The Balaban J connectivity index is 1.49. The molecule has 1 aromatic carbocycles. The van der Waals surface area contributed by atoms with Gasteiger partial charge in [-0.3, -0.25) is 0 Å². The van der Waals surface area contributed by atoms with Crippen LogP contribution in [0, 0.1) is 6.92 Å². The van der Waals surface area contributed by atoms with Crippen molar-refractivity contribution in [2.45, 2.75) is 62.8 Å². The van der Waals surface area contributed by atoms with Gasteiger partial charge in [0.05, 0.1) is 22.0 Å². The lowest BCUT2D eigenvalue weighted by atomic mass is 10.1. The fourth-order valence-corrected chi connectivity index (χ4v) is 6.37. The second kappa shape index (κ2) is 11.3. The lowest BCUT2D eigenvalue weighted by Crippen LogP contribution is -2.51. The Morgan fingerprint density at radius 2 is 1.97 bits per heavy atom. The third-order valence-corrected chi connectivity index (χ3v) is 9.87.